The van der Waals surface area contributed by atoms with Crippen molar-refractivity contribution in [2.45, 2.75) is 51.8 Å². The molecule has 1 amide bonds. The number of carbonyl (C=O) groups is 1. The van der Waals surface area contributed by atoms with Crippen molar-refractivity contribution >= 4 is 23.1 Å². The second-order valence-electron chi connectivity index (χ2n) is 10.5. The lowest BCUT2D eigenvalue weighted by molar-refractivity contribution is -0.0352. The SMILES string of the molecule is Cc1nc(C2=C(N)CN(C(=O)c3ccc(F)cc3O[C@H]3CC4CC[C@]45C[C@@H]5C3F)C2)nc(C)c1Cl. The first-order chi connectivity index (χ1) is 16.7. The molecular formula is C26H27ClF2N4O2. The maximum atomic E-state index is 15.2. The Kier molecular flexibility index (Phi) is 5.11. The number of hydrogen-bond acceptors (Lipinski definition) is 5. The molecule has 4 aliphatic rings. The second-order valence-corrected chi connectivity index (χ2v) is 10.8. The number of rotatable bonds is 4. The van der Waals surface area contributed by atoms with Gasteiger partial charge in [0, 0.05) is 23.3 Å². The van der Waals surface area contributed by atoms with Crippen molar-refractivity contribution in [3.63, 3.8) is 0 Å². The van der Waals surface area contributed by atoms with Crippen LogP contribution in [0.15, 0.2) is 23.9 Å². The average Bonchev–Trinajstić information content (AvgIpc) is 3.49. The van der Waals surface area contributed by atoms with E-state index in [1.807, 2.05) is 0 Å². The summed E-state index contributed by atoms with van der Waals surface area (Å²) in [4.78, 5) is 23.9. The van der Waals surface area contributed by atoms with Gasteiger partial charge in [-0.15, -0.1) is 0 Å². The van der Waals surface area contributed by atoms with Gasteiger partial charge in [0.2, 0.25) is 0 Å². The van der Waals surface area contributed by atoms with Crippen molar-refractivity contribution in [3.8, 4) is 5.75 Å². The third kappa shape index (κ3) is 3.51. The zero-order valence-corrected chi connectivity index (χ0v) is 20.4. The minimum atomic E-state index is -1.10. The van der Waals surface area contributed by atoms with Gasteiger partial charge in [0.1, 0.15) is 23.8 Å². The quantitative estimate of drug-likeness (QED) is 0.662. The first-order valence-corrected chi connectivity index (χ1v) is 12.4. The highest BCUT2D eigenvalue weighted by Gasteiger charge is 2.70. The van der Waals surface area contributed by atoms with Crippen LogP contribution >= 0.6 is 11.6 Å². The van der Waals surface area contributed by atoms with Crippen molar-refractivity contribution in [3.05, 3.63) is 57.5 Å². The van der Waals surface area contributed by atoms with E-state index in [0.717, 1.165) is 19.3 Å². The zero-order valence-electron chi connectivity index (χ0n) is 19.7. The van der Waals surface area contributed by atoms with Crippen molar-refractivity contribution in [2.24, 2.45) is 23.0 Å². The molecular weight excluding hydrogens is 474 g/mol. The third-order valence-corrected chi connectivity index (χ3v) is 9.04. The molecule has 3 aliphatic carbocycles. The Morgan fingerprint density at radius 3 is 2.69 bits per heavy atom. The minimum absolute atomic E-state index is 0.0316. The van der Waals surface area contributed by atoms with E-state index in [1.54, 1.807) is 18.7 Å². The summed E-state index contributed by atoms with van der Waals surface area (Å²) in [5, 5.41) is 0.492. The van der Waals surface area contributed by atoms with E-state index in [0.29, 0.717) is 45.8 Å². The number of hydrogen-bond donors (Lipinski definition) is 1. The number of ether oxygens (including phenoxy) is 1. The molecule has 0 radical (unpaired) electrons. The summed E-state index contributed by atoms with van der Waals surface area (Å²) >= 11 is 6.20. The molecule has 0 saturated heterocycles. The van der Waals surface area contributed by atoms with Crippen LogP contribution in [0.1, 0.15) is 53.3 Å². The Balaban J connectivity index is 1.23. The minimum Gasteiger partial charge on any atom is -0.486 e. The zero-order chi connectivity index (χ0) is 24.6. The van der Waals surface area contributed by atoms with Crippen molar-refractivity contribution in [1.82, 2.24) is 14.9 Å². The molecule has 1 aromatic heterocycles. The smallest absolute Gasteiger partial charge is 0.258 e. The lowest BCUT2D eigenvalue weighted by Gasteiger charge is -2.45. The highest BCUT2D eigenvalue weighted by Crippen LogP contribution is 2.74. The summed E-state index contributed by atoms with van der Waals surface area (Å²) < 4.78 is 35.4. The fourth-order valence-corrected chi connectivity index (χ4v) is 6.42. The van der Waals surface area contributed by atoms with E-state index in [9.17, 15) is 9.18 Å². The molecule has 6 nitrogen and oxygen atoms in total. The number of amides is 1. The number of nitrogens with two attached hydrogens (primary N) is 1. The Bertz CT molecular complexity index is 1260. The molecule has 2 heterocycles. The largest absolute Gasteiger partial charge is 0.486 e. The first kappa shape index (κ1) is 22.7. The number of carbonyl (C=O) groups excluding carboxylic acids is 1. The molecule has 2 unspecified atom stereocenters. The van der Waals surface area contributed by atoms with Gasteiger partial charge in [0.05, 0.1) is 35.1 Å². The molecule has 9 heteroatoms. The molecule has 3 fully saturated rings. The fourth-order valence-electron chi connectivity index (χ4n) is 6.34. The molecule has 1 aromatic carbocycles. The van der Waals surface area contributed by atoms with Crippen LogP contribution in [-0.2, 0) is 0 Å². The Morgan fingerprint density at radius 2 is 2.00 bits per heavy atom. The molecule has 184 valence electrons. The van der Waals surface area contributed by atoms with Gasteiger partial charge in [-0.1, -0.05) is 11.6 Å². The number of benzene rings is 1. The molecule has 1 aliphatic heterocycles. The van der Waals surface area contributed by atoms with Gasteiger partial charge < -0.3 is 15.4 Å². The molecule has 2 aromatic rings. The summed E-state index contributed by atoms with van der Waals surface area (Å²) in [5.41, 5.74) is 9.05. The van der Waals surface area contributed by atoms with Crippen molar-refractivity contribution in [1.29, 1.82) is 0 Å². The molecule has 2 N–H and O–H groups in total. The van der Waals surface area contributed by atoms with E-state index in [1.165, 1.54) is 18.2 Å². The number of aryl methyl sites for hydroxylation is 2. The predicted octanol–water partition coefficient (Wildman–Crippen LogP) is 4.62. The summed E-state index contributed by atoms with van der Waals surface area (Å²) in [6.45, 7) is 3.95. The van der Waals surface area contributed by atoms with Gasteiger partial charge in [-0.25, -0.2) is 18.7 Å². The van der Waals surface area contributed by atoms with Crippen LogP contribution in [-0.4, -0.2) is 46.1 Å². The third-order valence-electron chi connectivity index (χ3n) is 8.50. The summed E-state index contributed by atoms with van der Waals surface area (Å²) in [6.07, 6.45) is 1.95. The lowest BCUT2D eigenvalue weighted by Crippen LogP contribution is -2.46. The normalized spacial score (nSPS) is 31.1. The van der Waals surface area contributed by atoms with E-state index in [-0.39, 0.29) is 41.6 Å². The van der Waals surface area contributed by atoms with Crippen LogP contribution in [0.4, 0.5) is 8.78 Å². The Hall–Kier alpha value is -2.74. The van der Waals surface area contributed by atoms with Crippen LogP contribution in [0.2, 0.25) is 5.02 Å². The van der Waals surface area contributed by atoms with Crippen LogP contribution in [0.5, 0.6) is 5.75 Å². The van der Waals surface area contributed by atoms with Gasteiger partial charge in [-0.3, -0.25) is 4.79 Å². The van der Waals surface area contributed by atoms with E-state index in [4.69, 9.17) is 22.1 Å². The number of halogens is 3. The van der Waals surface area contributed by atoms with Crippen LogP contribution in [0, 0.1) is 36.9 Å². The standard InChI is InChI=1S/C26H27ClF2N4O2/c1-12-22(27)13(2)32-24(31-12)17-10-33(11-19(17)30)25(34)16-4-3-15(28)8-20(16)35-21-7-14-5-6-26(14)9-18(26)23(21)29/h3-4,8,14,18,21,23H,5-7,9-11,30H2,1-2H3/t14?,18-,21+,23?,26+/m1/s1. The average molecular weight is 501 g/mol. The van der Waals surface area contributed by atoms with E-state index >= 15 is 4.39 Å². The summed E-state index contributed by atoms with van der Waals surface area (Å²) in [7, 11) is 0. The molecule has 35 heavy (non-hydrogen) atoms. The molecule has 0 bridgehead atoms. The predicted molar refractivity (Wildman–Crippen MR) is 127 cm³/mol. The van der Waals surface area contributed by atoms with Crippen molar-refractivity contribution in [2.75, 3.05) is 13.1 Å². The number of aromatic nitrogens is 2. The van der Waals surface area contributed by atoms with Crippen LogP contribution in [0.3, 0.4) is 0 Å². The molecule has 3 saturated carbocycles. The van der Waals surface area contributed by atoms with Gasteiger partial charge in [0.25, 0.3) is 5.91 Å². The monoisotopic (exact) mass is 500 g/mol. The number of nitrogens with zero attached hydrogens (tertiary/aromatic N) is 3. The van der Waals surface area contributed by atoms with Gasteiger partial charge >= 0.3 is 0 Å². The highest BCUT2D eigenvalue weighted by atomic mass is 35.5. The lowest BCUT2D eigenvalue weighted by atomic mass is 9.62. The first-order valence-electron chi connectivity index (χ1n) is 12.1. The number of alkyl halides is 1. The van der Waals surface area contributed by atoms with Gasteiger partial charge in [-0.2, -0.15) is 0 Å². The summed E-state index contributed by atoms with van der Waals surface area (Å²) in [6, 6.07) is 3.79. The van der Waals surface area contributed by atoms with Crippen molar-refractivity contribution < 1.29 is 18.3 Å². The maximum Gasteiger partial charge on any atom is 0.258 e. The molecule has 1 spiro atoms. The van der Waals surface area contributed by atoms with Gasteiger partial charge in [-0.05, 0) is 63.0 Å². The molecule has 6 rings (SSSR count). The maximum absolute atomic E-state index is 15.2. The summed E-state index contributed by atoms with van der Waals surface area (Å²) in [5.74, 6) is 0.112. The second kappa shape index (κ2) is 7.88. The van der Waals surface area contributed by atoms with Crippen LogP contribution in [0.25, 0.3) is 5.57 Å². The Labute approximate surface area is 207 Å². The van der Waals surface area contributed by atoms with Gasteiger partial charge in [0.15, 0.2) is 5.82 Å². The fraction of sp³-hybridized carbons (Fsp3) is 0.500. The van der Waals surface area contributed by atoms with E-state index < -0.39 is 18.1 Å². The topological polar surface area (TPSA) is 81.3 Å². The van der Waals surface area contributed by atoms with Crippen LogP contribution < -0.4 is 10.5 Å². The Morgan fingerprint density at radius 1 is 1.26 bits per heavy atom. The van der Waals surface area contributed by atoms with E-state index in [2.05, 4.69) is 9.97 Å². The molecule has 5 atom stereocenters. The highest BCUT2D eigenvalue weighted by molar-refractivity contribution is 6.31.